The Morgan fingerprint density at radius 3 is 2.39 bits per heavy atom. The van der Waals surface area contributed by atoms with Gasteiger partial charge in [-0.15, -0.1) is 0 Å². The zero-order valence-electron chi connectivity index (χ0n) is 16.3. The molecule has 0 radical (unpaired) electrons. The van der Waals surface area contributed by atoms with Crippen molar-refractivity contribution in [2.45, 2.75) is 43.7 Å². The van der Waals surface area contributed by atoms with Crippen LogP contribution in [0.5, 0.6) is 5.75 Å². The predicted octanol–water partition coefficient (Wildman–Crippen LogP) is 3.86. The maximum Gasteiger partial charge on any atom is 0.211 e. The smallest absolute Gasteiger partial charge is 0.211 e. The van der Waals surface area contributed by atoms with Crippen molar-refractivity contribution in [3.8, 4) is 11.8 Å². The molecule has 0 aromatic heterocycles. The molecule has 0 N–H and O–H groups in total. The fourth-order valence-electron chi connectivity index (χ4n) is 4.05. The number of ether oxygens (including phenoxy) is 1. The van der Waals surface area contributed by atoms with Crippen LogP contribution >= 0.6 is 0 Å². The first kappa shape index (κ1) is 20.4. The Hall–Kier alpha value is -2.36. The summed E-state index contributed by atoms with van der Waals surface area (Å²) in [5.41, 5.74) is 1.32. The lowest BCUT2D eigenvalue weighted by molar-refractivity contribution is 0.212. The largest absolute Gasteiger partial charge is 0.497 e. The first-order valence-electron chi connectivity index (χ1n) is 9.44. The minimum absolute atomic E-state index is 0.0951. The number of nitriles is 1. The molecule has 0 spiro atoms. The third-order valence-electron chi connectivity index (χ3n) is 5.66. The zero-order chi connectivity index (χ0) is 20.2. The van der Waals surface area contributed by atoms with Gasteiger partial charge in [0.1, 0.15) is 5.75 Å². The molecule has 0 amide bonds. The van der Waals surface area contributed by atoms with E-state index in [1.54, 1.807) is 11.4 Å². The van der Waals surface area contributed by atoms with Gasteiger partial charge in [0.25, 0.3) is 0 Å². The number of nitrogens with zero attached hydrogens (tertiary/aromatic N) is 2. The SMILES string of the molecule is COc1cccc([C@]2(C#N)CC[C@@H](N(Cc3ccccc3)S(C)(=O)=O)CC2)c1. The van der Waals surface area contributed by atoms with Gasteiger partial charge in [0.05, 0.1) is 24.8 Å². The lowest BCUT2D eigenvalue weighted by Crippen LogP contribution is -2.44. The van der Waals surface area contributed by atoms with Crippen molar-refractivity contribution >= 4 is 10.0 Å². The summed E-state index contributed by atoms with van der Waals surface area (Å²) in [7, 11) is -1.74. The molecule has 28 heavy (non-hydrogen) atoms. The molecule has 0 atom stereocenters. The molecule has 6 heteroatoms. The number of methoxy groups -OCH3 is 1. The minimum atomic E-state index is -3.35. The fourth-order valence-corrected chi connectivity index (χ4v) is 5.19. The molecule has 0 unspecified atom stereocenters. The van der Waals surface area contributed by atoms with E-state index in [9.17, 15) is 13.7 Å². The van der Waals surface area contributed by atoms with Crippen LogP contribution in [0.2, 0.25) is 0 Å². The number of hydrogen-bond acceptors (Lipinski definition) is 4. The summed E-state index contributed by atoms with van der Waals surface area (Å²) >= 11 is 0. The van der Waals surface area contributed by atoms with E-state index in [1.165, 1.54) is 6.26 Å². The van der Waals surface area contributed by atoms with Crippen LogP contribution in [0.4, 0.5) is 0 Å². The maximum atomic E-state index is 12.5. The summed E-state index contributed by atoms with van der Waals surface area (Å²) < 4.78 is 31.8. The highest BCUT2D eigenvalue weighted by molar-refractivity contribution is 7.88. The average Bonchev–Trinajstić information content (AvgIpc) is 2.72. The Balaban J connectivity index is 1.80. The molecule has 5 nitrogen and oxygen atoms in total. The quantitative estimate of drug-likeness (QED) is 0.741. The lowest BCUT2D eigenvalue weighted by atomic mass is 9.69. The molecular weight excluding hydrogens is 372 g/mol. The topological polar surface area (TPSA) is 70.4 Å². The van der Waals surface area contributed by atoms with E-state index in [0.717, 1.165) is 16.9 Å². The first-order valence-corrected chi connectivity index (χ1v) is 11.3. The molecule has 0 saturated heterocycles. The van der Waals surface area contributed by atoms with Crippen molar-refractivity contribution < 1.29 is 13.2 Å². The van der Waals surface area contributed by atoms with Crippen LogP contribution in [-0.4, -0.2) is 32.1 Å². The fraction of sp³-hybridized carbons (Fsp3) is 0.409. The third kappa shape index (κ3) is 4.37. The normalized spacial score (nSPS) is 22.6. The molecule has 1 aliphatic carbocycles. The Bertz CT molecular complexity index is 943. The van der Waals surface area contributed by atoms with Crippen LogP contribution in [0.3, 0.4) is 0 Å². The van der Waals surface area contributed by atoms with E-state index in [-0.39, 0.29) is 6.04 Å². The lowest BCUT2D eigenvalue weighted by Gasteiger charge is -2.39. The monoisotopic (exact) mass is 398 g/mol. The van der Waals surface area contributed by atoms with Crippen molar-refractivity contribution in [2.24, 2.45) is 0 Å². The number of benzene rings is 2. The van der Waals surface area contributed by atoms with Crippen molar-refractivity contribution in [3.05, 3.63) is 65.7 Å². The van der Waals surface area contributed by atoms with Gasteiger partial charge >= 0.3 is 0 Å². The first-order chi connectivity index (χ1) is 13.4. The van der Waals surface area contributed by atoms with E-state index in [1.807, 2.05) is 54.6 Å². The highest BCUT2D eigenvalue weighted by Crippen LogP contribution is 2.42. The highest BCUT2D eigenvalue weighted by Gasteiger charge is 2.40. The summed E-state index contributed by atoms with van der Waals surface area (Å²) in [5.74, 6) is 0.732. The Labute approximate surface area is 167 Å². The minimum Gasteiger partial charge on any atom is -0.497 e. The summed E-state index contributed by atoms with van der Waals surface area (Å²) in [4.78, 5) is 0. The van der Waals surface area contributed by atoms with Gasteiger partial charge in [-0.2, -0.15) is 9.57 Å². The predicted molar refractivity (Wildman–Crippen MR) is 109 cm³/mol. The van der Waals surface area contributed by atoms with Crippen LogP contribution < -0.4 is 4.74 Å². The Morgan fingerprint density at radius 1 is 1.14 bits per heavy atom. The van der Waals surface area contributed by atoms with E-state index >= 15 is 0 Å². The van der Waals surface area contributed by atoms with E-state index < -0.39 is 15.4 Å². The molecule has 2 aromatic carbocycles. The van der Waals surface area contributed by atoms with Crippen molar-refractivity contribution in [1.82, 2.24) is 4.31 Å². The molecule has 0 heterocycles. The van der Waals surface area contributed by atoms with Crippen LogP contribution in [0, 0.1) is 11.3 Å². The molecule has 148 valence electrons. The average molecular weight is 399 g/mol. The summed E-state index contributed by atoms with van der Waals surface area (Å²) in [6.07, 6.45) is 3.84. The molecule has 3 rings (SSSR count). The van der Waals surface area contributed by atoms with Crippen molar-refractivity contribution in [3.63, 3.8) is 0 Å². The van der Waals surface area contributed by atoms with E-state index in [2.05, 4.69) is 6.07 Å². The molecular formula is C22H26N2O3S. The summed E-state index contributed by atoms with van der Waals surface area (Å²) in [6, 6.07) is 19.7. The second kappa shape index (κ2) is 8.34. The van der Waals surface area contributed by atoms with E-state index in [0.29, 0.717) is 32.2 Å². The second-order valence-corrected chi connectivity index (χ2v) is 9.39. The number of rotatable bonds is 6. The van der Waals surface area contributed by atoms with Crippen LogP contribution in [0.25, 0.3) is 0 Å². The van der Waals surface area contributed by atoms with Crippen LogP contribution in [0.15, 0.2) is 54.6 Å². The van der Waals surface area contributed by atoms with Gasteiger partial charge in [0, 0.05) is 12.6 Å². The summed E-state index contributed by atoms with van der Waals surface area (Å²) in [5, 5.41) is 9.96. The molecule has 1 aliphatic rings. The van der Waals surface area contributed by atoms with Crippen molar-refractivity contribution in [2.75, 3.05) is 13.4 Å². The second-order valence-electron chi connectivity index (χ2n) is 7.45. The number of sulfonamides is 1. The maximum absolute atomic E-state index is 12.5. The molecule has 1 fully saturated rings. The Kier molecular flexibility index (Phi) is 6.07. The van der Waals surface area contributed by atoms with Gasteiger partial charge in [-0.25, -0.2) is 8.42 Å². The zero-order valence-corrected chi connectivity index (χ0v) is 17.2. The van der Waals surface area contributed by atoms with Gasteiger partial charge < -0.3 is 4.74 Å². The Morgan fingerprint density at radius 2 is 1.82 bits per heavy atom. The van der Waals surface area contributed by atoms with Crippen LogP contribution in [0.1, 0.15) is 36.8 Å². The summed E-state index contributed by atoms with van der Waals surface area (Å²) in [6.45, 7) is 0.364. The van der Waals surface area contributed by atoms with E-state index in [4.69, 9.17) is 4.74 Å². The molecule has 2 aromatic rings. The molecule has 1 saturated carbocycles. The molecule has 0 bridgehead atoms. The number of hydrogen-bond donors (Lipinski definition) is 0. The molecule has 0 aliphatic heterocycles. The highest BCUT2D eigenvalue weighted by atomic mass is 32.2. The van der Waals surface area contributed by atoms with Gasteiger partial charge in [-0.05, 0) is 48.9 Å². The van der Waals surface area contributed by atoms with Gasteiger partial charge in [-0.3, -0.25) is 0 Å². The van der Waals surface area contributed by atoms with Gasteiger partial charge in [-0.1, -0.05) is 42.5 Å². The van der Waals surface area contributed by atoms with Gasteiger partial charge in [0.15, 0.2) is 0 Å². The van der Waals surface area contributed by atoms with Gasteiger partial charge in [0.2, 0.25) is 10.0 Å². The van der Waals surface area contributed by atoms with Crippen molar-refractivity contribution in [1.29, 1.82) is 5.26 Å². The standard InChI is InChI=1S/C22H26N2O3S/c1-27-21-10-6-9-19(15-21)22(17-23)13-11-20(12-14-22)24(28(2,25)26)16-18-7-4-3-5-8-18/h3-10,15,20H,11-14,16H2,1-2H3/t20-,22-. The van der Waals surface area contributed by atoms with Crippen LogP contribution in [-0.2, 0) is 22.0 Å². The third-order valence-corrected chi connectivity index (χ3v) is 6.94.